The zero-order valence-corrected chi connectivity index (χ0v) is 15.5. The van der Waals surface area contributed by atoms with Gasteiger partial charge in [0.15, 0.2) is 0 Å². The van der Waals surface area contributed by atoms with Crippen molar-refractivity contribution in [1.29, 1.82) is 5.26 Å². The third kappa shape index (κ3) is 4.83. The Kier molecular flexibility index (Phi) is 9.01. The lowest BCUT2D eigenvalue weighted by molar-refractivity contribution is 0.103. The predicted octanol–water partition coefficient (Wildman–Crippen LogP) is 4.07. The van der Waals surface area contributed by atoms with Gasteiger partial charge < -0.3 is 5.32 Å². The molecule has 6 heteroatoms. The molecule has 1 aliphatic carbocycles. The Hall–Kier alpha value is -0.860. The van der Waals surface area contributed by atoms with E-state index < -0.39 is 5.82 Å². The van der Waals surface area contributed by atoms with Gasteiger partial charge in [0.25, 0.3) is 0 Å². The number of halogens is 3. The van der Waals surface area contributed by atoms with Crippen LogP contribution in [-0.4, -0.2) is 31.1 Å². The molecule has 0 bridgehead atoms. The third-order valence-corrected chi connectivity index (χ3v) is 5.09. The van der Waals surface area contributed by atoms with E-state index in [1.807, 2.05) is 12.1 Å². The van der Waals surface area contributed by atoms with Crippen molar-refractivity contribution in [2.24, 2.45) is 5.92 Å². The van der Waals surface area contributed by atoms with Gasteiger partial charge in [-0.2, -0.15) is 5.26 Å². The lowest BCUT2D eigenvalue weighted by Crippen LogP contribution is -2.47. The van der Waals surface area contributed by atoms with Gasteiger partial charge in [0, 0.05) is 32.2 Å². The summed E-state index contributed by atoms with van der Waals surface area (Å²) in [5.74, 6) is 0.220. The largest absolute Gasteiger partial charge is 0.314 e. The molecule has 3 rings (SSSR count). The number of nitrogens with one attached hydrogen (secondary N) is 1. The molecule has 0 radical (unpaired) electrons. The van der Waals surface area contributed by atoms with Gasteiger partial charge in [-0.1, -0.05) is 25.3 Å². The van der Waals surface area contributed by atoms with E-state index in [-0.39, 0.29) is 30.4 Å². The number of nitriles is 1. The highest BCUT2D eigenvalue weighted by Gasteiger charge is 2.31. The maximum absolute atomic E-state index is 13.7. The normalized spacial score (nSPS) is 20.3. The van der Waals surface area contributed by atoms with Crippen molar-refractivity contribution in [2.75, 3.05) is 26.2 Å². The van der Waals surface area contributed by atoms with Crippen molar-refractivity contribution in [1.82, 2.24) is 10.2 Å². The standard InChI is InChI=1S/C18H24FN3.2ClH/c19-17-7-6-15(12-16(17)13-20)18(14-4-2-1-3-5-14)22-10-8-21-9-11-22;;/h6-7,12,14,18,21H,1-5,8-11H2;2*1H/t18-;;/m1../s1. The molecular formula is C18H26Cl2FN3. The molecule has 1 saturated heterocycles. The molecule has 1 atom stereocenters. The molecule has 1 aromatic carbocycles. The minimum Gasteiger partial charge on any atom is -0.314 e. The molecule has 134 valence electrons. The fourth-order valence-electron chi connectivity index (χ4n) is 4.00. The van der Waals surface area contributed by atoms with Crippen LogP contribution in [-0.2, 0) is 0 Å². The lowest BCUT2D eigenvalue weighted by atomic mass is 9.80. The van der Waals surface area contributed by atoms with E-state index >= 15 is 0 Å². The fraction of sp³-hybridized carbons (Fsp3) is 0.611. The molecule has 1 aromatic rings. The van der Waals surface area contributed by atoms with E-state index in [9.17, 15) is 4.39 Å². The van der Waals surface area contributed by atoms with Crippen LogP contribution in [0.15, 0.2) is 18.2 Å². The summed E-state index contributed by atoms with van der Waals surface area (Å²) in [5, 5.41) is 12.5. The van der Waals surface area contributed by atoms with Crippen LogP contribution in [0.1, 0.15) is 49.3 Å². The molecule has 1 heterocycles. The molecule has 1 N–H and O–H groups in total. The van der Waals surface area contributed by atoms with Crippen LogP contribution in [0.5, 0.6) is 0 Å². The first kappa shape index (κ1) is 21.2. The summed E-state index contributed by atoms with van der Waals surface area (Å²) in [6, 6.07) is 7.44. The molecule has 2 fully saturated rings. The Morgan fingerprint density at radius 2 is 1.79 bits per heavy atom. The van der Waals surface area contributed by atoms with E-state index in [4.69, 9.17) is 5.26 Å². The average Bonchev–Trinajstić information content (AvgIpc) is 2.58. The minimum absolute atomic E-state index is 0. The summed E-state index contributed by atoms with van der Waals surface area (Å²) in [5.41, 5.74) is 1.29. The first-order chi connectivity index (χ1) is 10.8. The van der Waals surface area contributed by atoms with Crippen LogP contribution in [0.2, 0.25) is 0 Å². The summed E-state index contributed by atoms with van der Waals surface area (Å²) in [4.78, 5) is 2.53. The van der Waals surface area contributed by atoms with Gasteiger partial charge in [-0.3, -0.25) is 4.90 Å². The molecule has 3 nitrogen and oxygen atoms in total. The van der Waals surface area contributed by atoms with E-state index in [0.29, 0.717) is 12.0 Å². The first-order valence-corrected chi connectivity index (χ1v) is 8.44. The van der Waals surface area contributed by atoms with E-state index in [1.54, 1.807) is 6.07 Å². The summed E-state index contributed by atoms with van der Waals surface area (Å²) in [6.07, 6.45) is 6.40. The summed E-state index contributed by atoms with van der Waals surface area (Å²) < 4.78 is 13.7. The quantitative estimate of drug-likeness (QED) is 0.867. The maximum atomic E-state index is 13.7. The predicted molar refractivity (Wildman–Crippen MR) is 99.4 cm³/mol. The number of hydrogen-bond acceptors (Lipinski definition) is 3. The van der Waals surface area contributed by atoms with Crippen molar-refractivity contribution >= 4 is 24.8 Å². The van der Waals surface area contributed by atoms with Crippen molar-refractivity contribution in [3.05, 3.63) is 35.1 Å². The number of nitrogens with zero attached hydrogens (tertiary/aromatic N) is 2. The highest BCUT2D eigenvalue weighted by atomic mass is 35.5. The number of hydrogen-bond donors (Lipinski definition) is 1. The molecule has 0 unspecified atom stereocenters. The molecule has 24 heavy (non-hydrogen) atoms. The van der Waals surface area contributed by atoms with Crippen LogP contribution in [0, 0.1) is 23.1 Å². The Bertz CT molecular complexity index is 532. The number of rotatable bonds is 3. The second kappa shape index (κ2) is 10.2. The molecule has 1 saturated carbocycles. The zero-order valence-electron chi connectivity index (χ0n) is 13.8. The van der Waals surface area contributed by atoms with Gasteiger partial charge in [-0.15, -0.1) is 24.8 Å². The van der Waals surface area contributed by atoms with Crippen LogP contribution >= 0.6 is 24.8 Å². The Balaban J connectivity index is 0.00000144. The topological polar surface area (TPSA) is 39.1 Å². The average molecular weight is 374 g/mol. The van der Waals surface area contributed by atoms with Crippen molar-refractivity contribution < 1.29 is 4.39 Å². The zero-order chi connectivity index (χ0) is 15.4. The smallest absolute Gasteiger partial charge is 0.140 e. The lowest BCUT2D eigenvalue weighted by Gasteiger charge is -2.41. The van der Waals surface area contributed by atoms with Crippen LogP contribution in [0.4, 0.5) is 4.39 Å². The minimum atomic E-state index is -0.408. The Labute approximate surface area is 156 Å². The number of benzene rings is 1. The summed E-state index contributed by atoms with van der Waals surface area (Å²) >= 11 is 0. The SMILES string of the molecule is Cl.Cl.N#Cc1cc([C@@H](C2CCCCC2)N2CCNCC2)ccc1F. The Morgan fingerprint density at radius 1 is 1.12 bits per heavy atom. The maximum Gasteiger partial charge on any atom is 0.140 e. The molecular weight excluding hydrogens is 348 g/mol. The molecule has 2 aliphatic rings. The Morgan fingerprint density at radius 3 is 2.42 bits per heavy atom. The first-order valence-electron chi connectivity index (χ1n) is 8.44. The second-order valence-corrected chi connectivity index (χ2v) is 6.48. The van der Waals surface area contributed by atoms with Crippen molar-refractivity contribution in [3.8, 4) is 6.07 Å². The second-order valence-electron chi connectivity index (χ2n) is 6.48. The van der Waals surface area contributed by atoms with Crippen LogP contribution < -0.4 is 5.32 Å². The molecule has 0 spiro atoms. The highest BCUT2D eigenvalue weighted by Crippen LogP contribution is 2.38. The highest BCUT2D eigenvalue weighted by molar-refractivity contribution is 5.85. The van der Waals surface area contributed by atoms with Crippen molar-refractivity contribution in [3.63, 3.8) is 0 Å². The number of piperazine rings is 1. The monoisotopic (exact) mass is 373 g/mol. The van der Waals surface area contributed by atoms with Gasteiger partial charge in [0.05, 0.1) is 5.56 Å². The van der Waals surface area contributed by atoms with Crippen molar-refractivity contribution in [2.45, 2.75) is 38.1 Å². The van der Waals surface area contributed by atoms with Gasteiger partial charge in [-0.05, 0) is 36.5 Å². The van der Waals surface area contributed by atoms with E-state index in [2.05, 4.69) is 10.2 Å². The van der Waals surface area contributed by atoms with E-state index in [0.717, 1.165) is 31.7 Å². The van der Waals surface area contributed by atoms with Gasteiger partial charge in [0.1, 0.15) is 11.9 Å². The van der Waals surface area contributed by atoms with Crippen LogP contribution in [0.3, 0.4) is 0 Å². The molecule has 0 amide bonds. The summed E-state index contributed by atoms with van der Waals surface area (Å²) in [6.45, 7) is 4.08. The van der Waals surface area contributed by atoms with E-state index in [1.165, 1.54) is 38.2 Å². The molecule has 1 aliphatic heterocycles. The van der Waals surface area contributed by atoms with Crippen LogP contribution in [0.25, 0.3) is 0 Å². The van der Waals surface area contributed by atoms with Gasteiger partial charge >= 0.3 is 0 Å². The molecule has 0 aromatic heterocycles. The third-order valence-electron chi connectivity index (χ3n) is 5.09. The van der Waals surface area contributed by atoms with Gasteiger partial charge in [0.2, 0.25) is 0 Å². The fourth-order valence-corrected chi connectivity index (χ4v) is 4.00. The summed E-state index contributed by atoms with van der Waals surface area (Å²) in [7, 11) is 0. The van der Waals surface area contributed by atoms with Gasteiger partial charge in [-0.25, -0.2) is 4.39 Å².